The van der Waals surface area contributed by atoms with Crippen molar-refractivity contribution in [2.75, 3.05) is 18.0 Å². The van der Waals surface area contributed by atoms with Crippen LogP contribution in [0.15, 0.2) is 52.2 Å². The highest BCUT2D eigenvalue weighted by Gasteiger charge is 2.24. The van der Waals surface area contributed by atoms with Crippen LogP contribution in [0.1, 0.15) is 67.4 Å². The van der Waals surface area contributed by atoms with E-state index in [2.05, 4.69) is 113 Å². The molecule has 0 aliphatic carbocycles. The second-order valence-corrected chi connectivity index (χ2v) is 9.53. The Bertz CT molecular complexity index is 775. The lowest BCUT2D eigenvalue weighted by molar-refractivity contribution is 0.577. The first-order valence-electron chi connectivity index (χ1n) is 10.4. The van der Waals surface area contributed by atoms with E-state index in [0.29, 0.717) is 0 Å². The first kappa shape index (κ1) is 22.1. The van der Waals surface area contributed by atoms with Gasteiger partial charge in [-0.1, -0.05) is 65.8 Å². The lowest BCUT2D eigenvalue weighted by atomic mass is 9.84. The van der Waals surface area contributed by atoms with Gasteiger partial charge in [0.05, 0.1) is 11.4 Å². The Balaban J connectivity index is 2.29. The van der Waals surface area contributed by atoms with Crippen molar-refractivity contribution in [3.8, 4) is 0 Å². The molecule has 0 saturated heterocycles. The molecule has 1 heterocycles. The van der Waals surface area contributed by atoms with Crippen molar-refractivity contribution in [3.05, 3.63) is 47.6 Å². The Morgan fingerprint density at radius 1 is 0.857 bits per heavy atom. The number of allylic oxidation sites excluding steroid dienone is 3. The van der Waals surface area contributed by atoms with Gasteiger partial charge in [-0.25, -0.2) is 0 Å². The van der Waals surface area contributed by atoms with Crippen molar-refractivity contribution in [3.63, 3.8) is 0 Å². The minimum absolute atomic E-state index is 0.00910. The Labute approximate surface area is 172 Å². The van der Waals surface area contributed by atoms with E-state index in [1.54, 1.807) is 0 Å². The van der Waals surface area contributed by atoms with Crippen LogP contribution < -0.4 is 4.90 Å². The molecule has 1 aromatic rings. The van der Waals surface area contributed by atoms with Crippen molar-refractivity contribution < 1.29 is 0 Å². The first-order chi connectivity index (χ1) is 13.0. The molecule has 0 fully saturated rings. The van der Waals surface area contributed by atoms with Gasteiger partial charge in [-0.15, -0.1) is 0 Å². The SMILES string of the molecule is CCN(CC)c1ccc(/C=C/C2=CC(C(C)(C)C)=NN=C(C(C)(C)C)C2)cc1. The van der Waals surface area contributed by atoms with Crippen LogP contribution in [-0.4, -0.2) is 24.5 Å². The number of hydrogen-bond donors (Lipinski definition) is 0. The minimum atomic E-state index is -0.0265. The number of nitrogens with zero attached hydrogens (tertiary/aromatic N) is 3. The molecule has 2 rings (SSSR count). The molecule has 0 saturated carbocycles. The summed E-state index contributed by atoms with van der Waals surface area (Å²) >= 11 is 0. The van der Waals surface area contributed by atoms with E-state index in [9.17, 15) is 0 Å². The van der Waals surface area contributed by atoms with Gasteiger partial charge < -0.3 is 4.90 Å². The maximum Gasteiger partial charge on any atom is 0.0686 e. The maximum atomic E-state index is 4.61. The molecule has 0 aromatic heterocycles. The van der Waals surface area contributed by atoms with Crippen LogP contribution in [-0.2, 0) is 0 Å². The maximum absolute atomic E-state index is 4.61. The molecular formula is C25H37N3. The summed E-state index contributed by atoms with van der Waals surface area (Å²) in [4.78, 5) is 2.36. The Morgan fingerprint density at radius 2 is 1.46 bits per heavy atom. The van der Waals surface area contributed by atoms with Gasteiger partial charge in [0, 0.05) is 36.0 Å². The molecule has 0 atom stereocenters. The molecule has 3 nitrogen and oxygen atoms in total. The van der Waals surface area contributed by atoms with Crippen LogP contribution in [0.2, 0.25) is 0 Å². The standard InChI is InChI=1S/C25H37N3/c1-9-28(10-2)21-15-13-19(14-16-21)11-12-20-17-22(24(3,4)5)26-27-23(18-20)25(6,7)8/h11-17H,9-10,18H2,1-8H3/b12-11+. The van der Waals surface area contributed by atoms with Gasteiger partial charge in [0.2, 0.25) is 0 Å². The van der Waals surface area contributed by atoms with Crippen molar-refractivity contribution in [1.82, 2.24) is 0 Å². The molecule has 1 aliphatic rings. The predicted octanol–water partition coefficient (Wildman–Crippen LogP) is 6.77. The van der Waals surface area contributed by atoms with Gasteiger partial charge in [0.25, 0.3) is 0 Å². The summed E-state index contributed by atoms with van der Waals surface area (Å²) in [7, 11) is 0. The largest absolute Gasteiger partial charge is 0.372 e. The van der Waals surface area contributed by atoms with Crippen LogP contribution in [0.25, 0.3) is 6.08 Å². The zero-order valence-corrected chi connectivity index (χ0v) is 19.0. The van der Waals surface area contributed by atoms with Crippen LogP contribution >= 0.6 is 0 Å². The third-order valence-electron chi connectivity index (χ3n) is 5.12. The van der Waals surface area contributed by atoms with Crippen molar-refractivity contribution >= 4 is 23.2 Å². The molecule has 152 valence electrons. The average Bonchev–Trinajstić information content (AvgIpc) is 2.85. The molecule has 1 aromatic carbocycles. The lowest BCUT2D eigenvalue weighted by Gasteiger charge is -2.21. The van der Waals surface area contributed by atoms with E-state index in [0.717, 1.165) is 30.9 Å². The van der Waals surface area contributed by atoms with Crippen LogP contribution in [0.3, 0.4) is 0 Å². The van der Waals surface area contributed by atoms with Gasteiger partial charge in [-0.05, 0) is 43.2 Å². The van der Waals surface area contributed by atoms with Crippen LogP contribution in [0.5, 0.6) is 0 Å². The van der Waals surface area contributed by atoms with Gasteiger partial charge in [0.1, 0.15) is 0 Å². The zero-order valence-electron chi connectivity index (χ0n) is 19.0. The Morgan fingerprint density at radius 3 is 1.96 bits per heavy atom. The van der Waals surface area contributed by atoms with Crippen LogP contribution in [0, 0.1) is 10.8 Å². The normalized spacial score (nSPS) is 15.8. The molecule has 0 unspecified atom stereocenters. The number of benzene rings is 1. The van der Waals surface area contributed by atoms with E-state index in [1.807, 2.05) is 0 Å². The lowest BCUT2D eigenvalue weighted by Crippen LogP contribution is -2.21. The summed E-state index contributed by atoms with van der Waals surface area (Å²) in [6, 6.07) is 8.80. The molecule has 0 bridgehead atoms. The third kappa shape index (κ3) is 5.92. The minimum Gasteiger partial charge on any atom is -0.372 e. The number of hydrogen-bond acceptors (Lipinski definition) is 3. The summed E-state index contributed by atoms with van der Waals surface area (Å²) in [5, 5.41) is 9.20. The van der Waals surface area contributed by atoms with Crippen LogP contribution in [0.4, 0.5) is 5.69 Å². The van der Waals surface area contributed by atoms with Gasteiger partial charge in [-0.2, -0.15) is 10.2 Å². The van der Waals surface area contributed by atoms with Gasteiger partial charge >= 0.3 is 0 Å². The fourth-order valence-electron chi connectivity index (χ4n) is 3.08. The number of rotatable bonds is 5. The smallest absolute Gasteiger partial charge is 0.0686 e. The second kappa shape index (κ2) is 8.89. The molecular weight excluding hydrogens is 342 g/mol. The summed E-state index contributed by atoms with van der Waals surface area (Å²) in [6.07, 6.45) is 7.47. The van der Waals surface area contributed by atoms with Crippen molar-refractivity contribution in [2.45, 2.75) is 61.8 Å². The zero-order chi connectivity index (χ0) is 20.9. The third-order valence-corrected chi connectivity index (χ3v) is 5.12. The predicted molar refractivity (Wildman–Crippen MR) is 126 cm³/mol. The number of anilines is 1. The summed E-state index contributed by atoms with van der Waals surface area (Å²) in [5.41, 5.74) is 5.89. The molecule has 0 amide bonds. The molecule has 0 N–H and O–H groups in total. The summed E-state index contributed by atoms with van der Waals surface area (Å²) in [5.74, 6) is 0. The molecule has 0 radical (unpaired) electrons. The van der Waals surface area contributed by atoms with E-state index in [4.69, 9.17) is 0 Å². The molecule has 1 aliphatic heterocycles. The average molecular weight is 380 g/mol. The fraction of sp³-hybridized carbons (Fsp3) is 0.520. The molecule has 3 heteroatoms. The second-order valence-electron chi connectivity index (χ2n) is 9.53. The fourth-order valence-corrected chi connectivity index (χ4v) is 3.08. The van der Waals surface area contributed by atoms with Gasteiger partial charge in [0.15, 0.2) is 0 Å². The highest BCUT2D eigenvalue weighted by Crippen LogP contribution is 2.28. The van der Waals surface area contributed by atoms with Gasteiger partial charge in [-0.3, -0.25) is 0 Å². The van der Waals surface area contributed by atoms with E-state index in [-0.39, 0.29) is 10.8 Å². The highest BCUT2D eigenvalue weighted by molar-refractivity contribution is 6.03. The Kier molecular flexibility index (Phi) is 7.03. The monoisotopic (exact) mass is 379 g/mol. The highest BCUT2D eigenvalue weighted by atomic mass is 15.2. The van der Waals surface area contributed by atoms with E-state index in [1.165, 1.54) is 16.8 Å². The quantitative estimate of drug-likeness (QED) is 0.555. The van der Waals surface area contributed by atoms with Crippen molar-refractivity contribution in [2.24, 2.45) is 21.0 Å². The molecule has 28 heavy (non-hydrogen) atoms. The summed E-state index contributed by atoms with van der Waals surface area (Å²) < 4.78 is 0. The molecule has 0 spiro atoms. The summed E-state index contributed by atoms with van der Waals surface area (Å²) in [6.45, 7) is 19.6. The first-order valence-corrected chi connectivity index (χ1v) is 10.4. The van der Waals surface area contributed by atoms with Crippen molar-refractivity contribution in [1.29, 1.82) is 0 Å². The Hall–Kier alpha value is -2.16. The van der Waals surface area contributed by atoms with E-state index >= 15 is 0 Å². The van der Waals surface area contributed by atoms with E-state index < -0.39 is 0 Å². The topological polar surface area (TPSA) is 28.0 Å².